The van der Waals surface area contributed by atoms with Crippen molar-refractivity contribution < 1.29 is 22.4 Å². The Labute approximate surface area is 243 Å². The molecule has 0 unspecified atom stereocenters. The van der Waals surface area contributed by atoms with Crippen molar-refractivity contribution in [2.45, 2.75) is 64.9 Å². The van der Waals surface area contributed by atoms with Gasteiger partial charge in [0, 0.05) is 13.1 Å². The maximum Gasteiger partial charge on any atom is 0.264 e. The number of nitrogens with one attached hydrogen (secondary N) is 1. The van der Waals surface area contributed by atoms with Gasteiger partial charge in [0.1, 0.15) is 18.4 Å². The molecule has 3 rings (SSSR count). The average Bonchev–Trinajstić information content (AvgIpc) is 2.95. The molecule has 0 saturated carbocycles. The highest BCUT2D eigenvalue weighted by atomic mass is 32.2. The highest BCUT2D eigenvalue weighted by molar-refractivity contribution is 7.92. The average molecular weight is 582 g/mol. The molecule has 3 aromatic rings. The highest BCUT2D eigenvalue weighted by Crippen LogP contribution is 2.28. The zero-order chi connectivity index (χ0) is 30.2. The second kappa shape index (κ2) is 14.3. The molecule has 0 spiro atoms. The van der Waals surface area contributed by atoms with E-state index in [0.29, 0.717) is 30.6 Å². The minimum atomic E-state index is -4.15. The van der Waals surface area contributed by atoms with E-state index in [0.717, 1.165) is 15.4 Å². The Morgan fingerprint density at radius 3 is 2.15 bits per heavy atom. The Kier molecular flexibility index (Phi) is 11.1. The van der Waals surface area contributed by atoms with Gasteiger partial charge in [-0.15, -0.1) is 0 Å². The van der Waals surface area contributed by atoms with Gasteiger partial charge in [0.05, 0.1) is 10.6 Å². The van der Waals surface area contributed by atoms with E-state index in [1.54, 1.807) is 43.3 Å². The fraction of sp³-hybridized carbons (Fsp3) is 0.375. The molecule has 2 amide bonds. The number of para-hydroxylation sites is 1. The summed E-state index contributed by atoms with van der Waals surface area (Å²) in [6.07, 6.45) is 0.867. The molecule has 3 aromatic carbocycles. The Morgan fingerprint density at radius 2 is 1.56 bits per heavy atom. The molecule has 0 radical (unpaired) electrons. The summed E-state index contributed by atoms with van der Waals surface area (Å²) < 4.78 is 42.9. The van der Waals surface area contributed by atoms with Gasteiger partial charge in [-0.2, -0.15) is 0 Å². The molecule has 0 aromatic heterocycles. The van der Waals surface area contributed by atoms with Gasteiger partial charge in [-0.05, 0) is 67.1 Å². The zero-order valence-electron chi connectivity index (χ0n) is 24.4. The van der Waals surface area contributed by atoms with Gasteiger partial charge < -0.3 is 10.2 Å². The van der Waals surface area contributed by atoms with Crippen LogP contribution in [-0.2, 0) is 32.6 Å². The van der Waals surface area contributed by atoms with E-state index >= 15 is 0 Å². The molecule has 41 heavy (non-hydrogen) atoms. The number of amides is 2. The zero-order valence-corrected chi connectivity index (χ0v) is 25.2. The SMILES string of the molecule is CCc1ccccc1N(CC(=O)N(Cc1ccc(F)cc1)[C@H](CC)C(=O)NCC(C)C)S(=O)(=O)c1ccc(C)cc1. The first-order valence-corrected chi connectivity index (χ1v) is 15.4. The van der Waals surface area contributed by atoms with E-state index in [4.69, 9.17) is 0 Å². The molecule has 0 heterocycles. The van der Waals surface area contributed by atoms with Crippen LogP contribution < -0.4 is 9.62 Å². The fourth-order valence-corrected chi connectivity index (χ4v) is 5.98. The van der Waals surface area contributed by atoms with Crippen molar-refractivity contribution in [1.82, 2.24) is 10.2 Å². The number of halogens is 1. The Balaban J connectivity index is 2.08. The Hall–Kier alpha value is -3.72. The van der Waals surface area contributed by atoms with Crippen molar-refractivity contribution in [1.29, 1.82) is 0 Å². The van der Waals surface area contributed by atoms with E-state index < -0.39 is 34.3 Å². The Morgan fingerprint density at radius 1 is 0.927 bits per heavy atom. The van der Waals surface area contributed by atoms with Crippen molar-refractivity contribution in [2.75, 3.05) is 17.4 Å². The van der Waals surface area contributed by atoms with Gasteiger partial charge in [0.25, 0.3) is 10.0 Å². The highest BCUT2D eigenvalue weighted by Gasteiger charge is 2.34. The second-order valence-corrected chi connectivity index (χ2v) is 12.4. The van der Waals surface area contributed by atoms with Crippen LogP contribution in [0, 0.1) is 18.7 Å². The monoisotopic (exact) mass is 581 g/mol. The summed E-state index contributed by atoms with van der Waals surface area (Å²) in [5.41, 5.74) is 2.70. The first kappa shape index (κ1) is 31.8. The fourth-order valence-electron chi connectivity index (χ4n) is 4.53. The van der Waals surface area contributed by atoms with Crippen molar-refractivity contribution in [3.63, 3.8) is 0 Å². The molecule has 0 fully saturated rings. The molecule has 1 atom stereocenters. The smallest absolute Gasteiger partial charge is 0.264 e. The van der Waals surface area contributed by atoms with E-state index in [2.05, 4.69) is 5.32 Å². The summed E-state index contributed by atoms with van der Waals surface area (Å²) in [6, 6.07) is 18.4. The quantitative estimate of drug-likeness (QED) is 0.290. The first-order chi connectivity index (χ1) is 19.5. The van der Waals surface area contributed by atoms with E-state index in [9.17, 15) is 22.4 Å². The third kappa shape index (κ3) is 8.16. The molecular formula is C32H40FN3O4S. The number of aryl methyl sites for hydroxylation is 2. The summed E-state index contributed by atoms with van der Waals surface area (Å²) in [4.78, 5) is 28.9. The largest absolute Gasteiger partial charge is 0.354 e. The molecule has 220 valence electrons. The molecule has 7 nitrogen and oxygen atoms in total. The van der Waals surface area contributed by atoms with Crippen molar-refractivity contribution in [2.24, 2.45) is 5.92 Å². The number of anilines is 1. The van der Waals surface area contributed by atoms with Crippen LogP contribution in [0.4, 0.5) is 10.1 Å². The maximum atomic E-state index is 14.1. The van der Waals surface area contributed by atoms with Crippen molar-refractivity contribution in [3.8, 4) is 0 Å². The summed E-state index contributed by atoms with van der Waals surface area (Å²) in [5.74, 6) is -1.07. The van der Waals surface area contributed by atoms with Crippen LogP contribution in [0.25, 0.3) is 0 Å². The second-order valence-electron chi connectivity index (χ2n) is 10.5. The molecule has 0 saturated heterocycles. The topological polar surface area (TPSA) is 86.8 Å². The van der Waals surface area contributed by atoms with E-state index in [1.807, 2.05) is 39.8 Å². The number of benzene rings is 3. The molecule has 0 aliphatic heterocycles. The van der Waals surface area contributed by atoms with Crippen LogP contribution in [0.3, 0.4) is 0 Å². The number of carbonyl (C=O) groups excluding carboxylic acids is 2. The van der Waals surface area contributed by atoms with Crippen LogP contribution in [0.1, 0.15) is 50.8 Å². The summed E-state index contributed by atoms with van der Waals surface area (Å²) in [6.45, 7) is 9.48. The minimum Gasteiger partial charge on any atom is -0.354 e. The maximum absolute atomic E-state index is 14.1. The van der Waals surface area contributed by atoms with Crippen molar-refractivity contribution in [3.05, 3.63) is 95.3 Å². The van der Waals surface area contributed by atoms with Crippen molar-refractivity contribution >= 4 is 27.5 Å². The van der Waals surface area contributed by atoms with Gasteiger partial charge >= 0.3 is 0 Å². The lowest BCUT2D eigenvalue weighted by Crippen LogP contribution is -2.52. The van der Waals surface area contributed by atoms with Gasteiger partial charge in [0.2, 0.25) is 11.8 Å². The van der Waals surface area contributed by atoms with Crippen LogP contribution in [0.5, 0.6) is 0 Å². The van der Waals surface area contributed by atoms with Gasteiger partial charge in [-0.25, -0.2) is 12.8 Å². The molecule has 0 aliphatic carbocycles. The third-order valence-corrected chi connectivity index (χ3v) is 8.64. The predicted octanol–water partition coefficient (Wildman–Crippen LogP) is 5.47. The summed E-state index contributed by atoms with van der Waals surface area (Å²) in [7, 11) is -4.15. The molecule has 0 bridgehead atoms. The molecule has 0 aliphatic rings. The van der Waals surface area contributed by atoms with Crippen LogP contribution in [-0.4, -0.2) is 44.3 Å². The first-order valence-electron chi connectivity index (χ1n) is 14.0. The van der Waals surface area contributed by atoms with Gasteiger partial charge in [0.15, 0.2) is 0 Å². The van der Waals surface area contributed by atoms with Crippen LogP contribution in [0.2, 0.25) is 0 Å². The van der Waals surface area contributed by atoms with E-state index in [-0.39, 0.29) is 23.3 Å². The lowest BCUT2D eigenvalue weighted by molar-refractivity contribution is -0.140. The molecule has 1 N–H and O–H groups in total. The number of nitrogens with zero attached hydrogens (tertiary/aromatic N) is 2. The molecular weight excluding hydrogens is 541 g/mol. The normalized spacial score (nSPS) is 12.2. The number of sulfonamides is 1. The van der Waals surface area contributed by atoms with Gasteiger partial charge in [-0.3, -0.25) is 13.9 Å². The van der Waals surface area contributed by atoms with Crippen LogP contribution in [0.15, 0.2) is 77.7 Å². The van der Waals surface area contributed by atoms with Gasteiger partial charge in [-0.1, -0.05) is 75.7 Å². The third-order valence-electron chi connectivity index (χ3n) is 6.87. The lowest BCUT2D eigenvalue weighted by atomic mass is 10.1. The van der Waals surface area contributed by atoms with Crippen LogP contribution >= 0.6 is 0 Å². The van der Waals surface area contributed by atoms with E-state index in [1.165, 1.54) is 29.2 Å². The molecule has 9 heteroatoms. The number of hydrogen-bond acceptors (Lipinski definition) is 4. The number of rotatable bonds is 13. The summed E-state index contributed by atoms with van der Waals surface area (Å²) >= 11 is 0. The minimum absolute atomic E-state index is 0.0144. The number of hydrogen-bond donors (Lipinski definition) is 1. The Bertz CT molecular complexity index is 1420. The standard InChI is InChI=1S/C32H40FN3O4S/c1-6-26-10-8-9-11-30(26)36(41(39,40)28-18-12-24(5)13-19-28)22-31(37)35(21-25-14-16-27(33)17-15-25)29(7-2)32(38)34-20-23(3)4/h8-19,23,29H,6-7,20-22H2,1-5H3,(H,34,38)/t29-/m1/s1. The summed E-state index contributed by atoms with van der Waals surface area (Å²) in [5, 5.41) is 2.90. The lowest BCUT2D eigenvalue weighted by Gasteiger charge is -2.33. The predicted molar refractivity (Wildman–Crippen MR) is 160 cm³/mol. The number of carbonyl (C=O) groups is 2.